The molecule has 1 aromatic rings. The Hall–Kier alpha value is -1.79. The molecule has 2 amide bonds. The second-order valence-corrected chi connectivity index (χ2v) is 7.19. The molecule has 0 saturated heterocycles. The van der Waals surface area contributed by atoms with Crippen molar-refractivity contribution in [1.82, 2.24) is 0 Å². The number of rotatable bonds is 5. The maximum Gasteiger partial charge on any atom is 0.250 e. The van der Waals surface area contributed by atoms with Gasteiger partial charge in [-0.2, -0.15) is 0 Å². The summed E-state index contributed by atoms with van der Waals surface area (Å²) >= 11 is 0. The Morgan fingerprint density at radius 1 is 1.23 bits per heavy atom. The van der Waals surface area contributed by atoms with Gasteiger partial charge in [-0.3, -0.25) is 9.59 Å². The van der Waals surface area contributed by atoms with Crippen molar-refractivity contribution in [1.29, 1.82) is 0 Å². The summed E-state index contributed by atoms with van der Waals surface area (Å²) in [6.45, 7) is 2.36. The summed E-state index contributed by atoms with van der Waals surface area (Å²) in [6, 6.07) is 5.21. The first-order valence-electron chi connectivity index (χ1n) is 9.12. The number of primary amides is 1. The number of carbonyl (C=O) groups excluding carboxylic acids is 2. The molecule has 7 heteroatoms. The highest BCUT2D eigenvalue weighted by atomic mass is 35.5. The summed E-state index contributed by atoms with van der Waals surface area (Å²) in [7, 11) is 0. The first-order chi connectivity index (χ1) is 12.0. The lowest BCUT2D eigenvalue weighted by Gasteiger charge is -2.43. The zero-order valence-corrected chi connectivity index (χ0v) is 15.9. The van der Waals surface area contributed by atoms with Crippen LogP contribution >= 0.6 is 12.4 Å². The van der Waals surface area contributed by atoms with E-state index in [0.29, 0.717) is 29.9 Å². The van der Waals surface area contributed by atoms with E-state index in [1.807, 2.05) is 6.92 Å². The lowest BCUT2D eigenvalue weighted by molar-refractivity contribution is -0.122. The van der Waals surface area contributed by atoms with Crippen LogP contribution in [0.1, 0.15) is 49.4 Å². The monoisotopic (exact) mass is 381 g/mol. The molecule has 2 fully saturated rings. The van der Waals surface area contributed by atoms with Gasteiger partial charge in [-0.05, 0) is 62.6 Å². The molecule has 26 heavy (non-hydrogen) atoms. The van der Waals surface area contributed by atoms with Gasteiger partial charge in [0.25, 0.3) is 5.91 Å². The Labute approximate surface area is 160 Å². The predicted molar refractivity (Wildman–Crippen MR) is 104 cm³/mol. The molecule has 0 radical (unpaired) electrons. The minimum absolute atomic E-state index is 0. The van der Waals surface area contributed by atoms with E-state index in [2.05, 4.69) is 5.32 Å². The van der Waals surface area contributed by atoms with Crippen LogP contribution in [0.25, 0.3) is 0 Å². The topological polar surface area (TPSA) is 107 Å². The van der Waals surface area contributed by atoms with Gasteiger partial charge in [-0.15, -0.1) is 12.4 Å². The van der Waals surface area contributed by atoms with Gasteiger partial charge in [-0.25, -0.2) is 0 Å². The van der Waals surface area contributed by atoms with Crippen LogP contribution in [-0.4, -0.2) is 24.5 Å². The van der Waals surface area contributed by atoms with Crippen LogP contribution in [0.2, 0.25) is 0 Å². The molecular weight excluding hydrogens is 354 g/mol. The molecule has 6 nitrogen and oxygen atoms in total. The fourth-order valence-electron chi connectivity index (χ4n) is 4.33. The van der Waals surface area contributed by atoms with Gasteiger partial charge >= 0.3 is 0 Å². The maximum absolute atomic E-state index is 12.8. The van der Waals surface area contributed by atoms with Crippen LogP contribution in [0.15, 0.2) is 18.2 Å². The molecule has 1 aromatic carbocycles. The van der Waals surface area contributed by atoms with Crippen LogP contribution in [0.3, 0.4) is 0 Å². The van der Waals surface area contributed by atoms with E-state index in [-0.39, 0.29) is 35.8 Å². The molecule has 0 heterocycles. The predicted octanol–water partition coefficient (Wildman–Crippen LogP) is 2.70. The van der Waals surface area contributed by atoms with Crippen molar-refractivity contribution in [3.8, 4) is 5.75 Å². The Kier molecular flexibility index (Phi) is 6.89. The molecule has 5 N–H and O–H groups in total. The quantitative estimate of drug-likeness (QED) is 0.728. The standard InChI is InChI=1S/C19H27N3O3.ClH/c1-2-25-14-6-7-16(15(10-14)18(21)23)22-19(24)13-8-11-4-3-5-12(9-13)17(11)20;/h6-7,10-13,17H,2-5,8-9,20H2,1H3,(H2,21,23)(H,22,24);1H. The summed E-state index contributed by atoms with van der Waals surface area (Å²) in [4.78, 5) is 24.5. The molecule has 0 spiro atoms. The van der Waals surface area contributed by atoms with Gasteiger partial charge < -0.3 is 21.5 Å². The second kappa shape index (κ2) is 8.73. The smallest absolute Gasteiger partial charge is 0.250 e. The van der Waals surface area contributed by atoms with Gasteiger partial charge in [0.05, 0.1) is 17.9 Å². The molecular formula is C19H28ClN3O3. The number of halogens is 1. The highest BCUT2D eigenvalue weighted by Crippen LogP contribution is 2.42. The zero-order valence-electron chi connectivity index (χ0n) is 15.1. The van der Waals surface area contributed by atoms with E-state index >= 15 is 0 Å². The first-order valence-corrected chi connectivity index (χ1v) is 9.12. The van der Waals surface area contributed by atoms with E-state index in [4.69, 9.17) is 16.2 Å². The van der Waals surface area contributed by atoms with Gasteiger partial charge in [0.2, 0.25) is 5.91 Å². The average molecular weight is 382 g/mol. The summed E-state index contributed by atoms with van der Waals surface area (Å²) in [5, 5.41) is 2.90. The molecule has 144 valence electrons. The molecule has 3 rings (SSSR count). The van der Waals surface area contributed by atoms with Crippen LogP contribution in [-0.2, 0) is 4.79 Å². The second-order valence-electron chi connectivity index (χ2n) is 7.19. The average Bonchev–Trinajstić information content (AvgIpc) is 2.56. The third-order valence-corrected chi connectivity index (χ3v) is 5.61. The minimum atomic E-state index is -0.584. The van der Waals surface area contributed by atoms with Gasteiger partial charge in [-0.1, -0.05) is 6.42 Å². The largest absolute Gasteiger partial charge is 0.494 e. The molecule has 0 aromatic heterocycles. The molecule has 2 atom stereocenters. The van der Waals surface area contributed by atoms with Crippen LogP contribution in [0.4, 0.5) is 5.69 Å². The van der Waals surface area contributed by atoms with Gasteiger partial charge in [0.1, 0.15) is 5.75 Å². The number of amides is 2. The highest BCUT2D eigenvalue weighted by Gasteiger charge is 2.40. The number of ether oxygens (including phenoxy) is 1. The normalized spacial score (nSPS) is 27.2. The Morgan fingerprint density at radius 2 is 1.88 bits per heavy atom. The maximum atomic E-state index is 12.8. The minimum Gasteiger partial charge on any atom is -0.494 e. The fourth-order valence-corrected chi connectivity index (χ4v) is 4.33. The zero-order chi connectivity index (χ0) is 18.0. The van der Waals surface area contributed by atoms with E-state index in [9.17, 15) is 9.59 Å². The van der Waals surface area contributed by atoms with E-state index in [0.717, 1.165) is 25.7 Å². The van der Waals surface area contributed by atoms with Crippen LogP contribution < -0.4 is 21.5 Å². The summed E-state index contributed by atoms with van der Waals surface area (Å²) in [6.07, 6.45) is 5.08. The number of carbonyl (C=O) groups is 2. The van der Waals surface area contributed by atoms with Crippen molar-refractivity contribution in [2.45, 2.75) is 45.1 Å². The van der Waals surface area contributed by atoms with Crippen molar-refractivity contribution in [2.75, 3.05) is 11.9 Å². The lowest BCUT2D eigenvalue weighted by atomic mass is 9.65. The number of anilines is 1. The number of benzene rings is 1. The molecule has 0 aliphatic heterocycles. The summed E-state index contributed by atoms with van der Waals surface area (Å²) < 4.78 is 5.40. The number of fused-ring (bicyclic) bond motifs is 2. The van der Waals surface area contributed by atoms with E-state index < -0.39 is 5.91 Å². The molecule has 2 aliphatic rings. The molecule has 2 unspecified atom stereocenters. The summed E-state index contributed by atoms with van der Waals surface area (Å²) in [5.74, 6) is 0.739. The highest BCUT2D eigenvalue weighted by molar-refractivity contribution is 6.03. The number of hydrogen-bond acceptors (Lipinski definition) is 4. The van der Waals surface area contributed by atoms with Crippen molar-refractivity contribution < 1.29 is 14.3 Å². The third-order valence-electron chi connectivity index (χ3n) is 5.61. The summed E-state index contributed by atoms with van der Waals surface area (Å²) in [5.41, 5.74) is 12.5. The van der Waals surface area contributed by atoms with E-state index in [1.54, 1.807) is 18.2 Å². The Morgan fingerprint density at radius 3 is 2.46 bits per heavy atom. The third kappa shape index (κ3) is 4.30. The Balaban J connectivity index is 0.00000243. The molecule has 2 saturated carbocycles. The van der Waals surface area contributed by atoms with Crippen molar-refractivity contribution in [3.63, 3.8) is 0 Å². The van der Waals surface area contributed by atoms with Crippen LogP contribution in [0.5, 0.6) is 5.75 Å². The van der Waals surface area contributed by atoms with Crippen molar-refractivity contribution in [3.05, 3.63) is 23.8 Å². The molecule has 2 aliphatic carbocycles. The molecule has 2 bridgehead atoms. The van der Waals surface area contributed by atoms with Crippen molar-refractivity contribution in [2.24, 2.45) is 29.2 Å². The number of nitrogens with one attached hydrogen (secondary N) is 1. The Bertz CT molecular complexity index is 653. The number of hydrogen-bond donors (Lipinski definition) is 3. The van der Waals surface area contributed by atoms with Crippen molar-refractivity contribution >= 4 is 29.9 Å². The lowest BCUT2D eigenvalue weighted by Crippen LogP contribution is -2.48. The SMILES string of the molecule is CCOc1ccc(NC(=O)C2CC3CCCC(C2)C3N)c(C(N)=O)c1.Cl. The van der Waals surface area contributed by atoms with Crippen LogP contribution in [0, 0.1) is 17.8 Å². The van der Waals surface area contributed by atoms with Gasteiger partial charge in [0.15, 0.2) is 0 Å². The fraction of sp³-hybridized carbons (Fsp3) is 0.579. The van der Waals surface area contributed by atoms with Gasteiger partial charge in [0, 0.05) is 12.0 Å². The first kappa shape index (κ1) is 20.5. The van der Waals surface area contributed by atoms with E-state index in [1.165, 1.54) is 6.42 Å². The number of nitrogens with two attached hydrogens (primary N) is 2.